The van der Waals surface area contributed by atoms with Gasteiger partial charge in [-0.3, -0.25) is 9.59 Å². The normalized spacial score (nSPS) is 10.3. The summed E-state index contributed by atoms with van der Waals surface area (Å²) < 4.78 is 5.46. The number of carboxylic acid groups (broad SMARTS) is 1. The van der Waals surface area contributed by atoms with Gasteiger partial charge in [0.15, 0.2) is 0 Å². The number of ether oxygens (including phenoxy) is 1. The van der Waals surface area contributed by atoms with Gasteiger partial charge in [-0.25, -0.2) is 4.98 Å². The number of pyridine rings is 1. The highest BCUT2D eigenvalue weighted by Crippen LogP contribution is 2.21. The van der Waals surface area contributed by atoms with E-state index in [2.05, 4.69) is 10.3 Å². The van der Waals surface area contributed by atoms with Crippen LogP contribution in [0.3, 0.4) is 0 Å². The van der Waals surface area contributed by atoms with Gasteiger partial charge in [-0.05, 0) is 26.0 Å². The fourth-order valence-corrected chi connectivity index (χ4v) is 1.75. The predicted molar refractivity (Wildman–Crippen MR) is 73.6 cm³/mol. The minimum absolute atomic E-state index is 0.0491. The zero-order chi connectivity index (χ0) is 14.3. The molecule has 1 rings (SSSR count). The summed E-state index contributed by atoms with van der Waals surface area (Å²) in [6.07, 6.45) is 1.53. The van der Waals surface area contributed by atoms with E-state index < -0.39 is 5.97 Å². The molecule has 1 aromatic heterocycles. The highest BCUT2D eigenvalue weighted by molar-refractivity contribution is 8.00. The van der Waals surface area contributed by atoms with Gasteiger partial charge in [0.1, 0.15) is 5.69 Å². The first kappa shape index (κ1) is 15.3. The standard InChI is InChI=1S/C12H16N2O4S/c1-8(2)18-12-9(4-3-5-13-12)14-10(15)6-19-7-11(16)17/h3-5,8H,6-7H2,1-2H3,(H,14,15)(H,16,17). The largest absolute Gasteiger partial charge is 0.481 e. The number of nitrogens with zero attached hydrogens (tertiary/aromatic N) is 1. The van der Waals surface area contributed by atoms with E-state index in [0.29, 0.717) is 11.6 Å². The molecule has 2 N–H and O–H groups in total. The third-order valence-electron chi connectivity index (χ3n) is 1.85. The molecular formula is C12H16N2O4S. The summed E-state index contributed by atoms with van der Waals surface area (Å²) in [5.74, 6) is -0.900. The van der Waals surface area contributed by atoms with Crippen molar-refractivity contribution in [3.8, 4) is 5.88 Å². The number of hydrogen-bond acceptors (Lipinski definition) is 5. The SMILES string of the molecule is CC(C)Oc1ncccc1NC(=O)CSCC(=O)O. The lowest BCUT2D eigenvalue weighted by Crippen LogP contribution is -2.17. The zero-order valence-corrected chi connectivity index (χ0v) is 11.6. The zero-order valence-electron chi connectivity index (χ0n) is 10.8. The van der Waals surface area contributed by atoms with Gasteiger partial charge in [-0.15, -0.1) is 11.8 Å². The molecule has 0 saturated heterocycles. The monoisotopic (exact) mass is 284 g/mol. The Morgan fingerprint density at radius 3 is 2.84 bits per heavy atom. The number of aromatic nitrogens is 1. The molecule has 0 aliphatic rings. The van der Waals surface area contributed by atoms with Crippen LogP contribution < -0.4 is 10.1 Å². The predicted octanol–water partition coefficient (Wildman–Crippen LogP) is 1.63. The molecule has 0 radical (unpaired) electrons. The summed E-state index contributed by atoms with van der Waals surface area (Å²) >= 11 is 1.04. The third-order valence-corrected chi connectivity index (χ3v) is 2.77. The van der Waals surface area contributed by atoms with Crippen LogP contribution in [0, 0.1) is 0 Å². The maximum atomic E-state index is 11.6. The Hall–Kier alpha value is -1.76. The fourth-order valence-electron chi connectivity index (χ4n) is 1.22. The molecule has 0 saturated carbocycles. The van der Waals surface area contributed by atoms with Crippen molar-refractivity contribution in [1.29, 1.82) is 0 Å². The number of aliphatic carboxylic acids is 1. The summed E-state index contributed by atoms with van der Waals surface area (Å²) in [7, 11) is 0. The first-order valence-electron chi connectivity index (χ1n) is 5.70. The van der Waals surface area contributed by atoms with Gasteiger partial charge < -0.3 is 15.2 Å². The molecule has 0 fully saturated rings. The van der Waals surface area contributed by atoms with Crippen LogP contribution >= 0.6 is 11.8 Å². The number of carbonyl (C=O) groups is 2. The van der Waals surface area contributed by atoms with E-state index >= 15 is 0 Å². The van der Waals surface area contributed by atoms with E-state index in [9.17, 15) is 9.59 Å². The number of anilines is 1. The maximum absolute atomic E-state index is 11.6. The van der Waals surface area contributed by atoms with Gasteiger partial charge in [0, 0.05) is 6.20 Å². The topological polar surface area (TPSA) is 88.5 Å². The molecule has 0 aliphatic carbocycles. The minimum Gasteiger partial charge on any atom is -0.481 e. The van der Waals surface area contributed by atoms with Crippen LogP contribution in [0.2, 0.25) is 0 Å². The Kier molecular flexibility index (Phi) is 6.14. The smallest absolute Gasteiger partial charge is 0.313 e. The Labute approximate surface area is 115 Å². The van der Waals surface area contributed by atoms with Crippen LogP contribution in [-0.2, 0) is 9.59 Å². The Morgan fingerprint density at radius 1 is 1.47 bits per heavy atom. The molecule has 6 nitrogen and oxygen atoms in total. The average molecular weight is 284 g/mol. The Bertz CT molecular complexity index is 451. The first-order valence-corrected chi connectivity index (χ1v) is 6.85. The molecule has 0 aliphatic heterocycles. The van der Waals surface area contributed by atoms with Crippen molar-refractivity contribution in [1.82, 2.24) is 4.98 Å². The number of nitrogens with one attached hydrogen (secondary N) is 1. The summed E-state index contributed by atoms with van der Waals surface area (Å²) in [6, 6.07) is 3.37. The van der Waals surface area contributed by atoms with E-state index in [0.717, 1.165) is 11.8 Å². The number of carbonyl (C=O) groups excluding carboxylic acids is 1. The Morgan fingerprint density at radius 2 is 2.21 bits per heavy atom. The van der Waals surface area contributed by atoms with Gasteiger partial charge in [0.05, 0.1) is 17.6 Å². The number of thioether (sulfide) groups is 1. The molecule has 19 heavy (non-hydrogen) atoms. The molecule has 7 heteroatoms. The summed E-state index contributed by atoms with van der Waals surface area (Å²) in [5.41, 5.74) is 0.483. The summed E-state index contributed by atoms with van der Waals surface area (Å²) in [5, 5.41) is 11.1. The molecule has 0 unspecified atom stereocenters. The third kappa shape index (κ3) is 6.10. The highest BCUT2D eigenvalue weighted by atomic mass is 32.2. The molecule has 0 aromatic carbocycles. The number of hydrogen-bond donors (Lipinski definition) is 2. The molecule has 0 spiro atoms. The van der Waals surface area contributed by atoms with Crippen LogP contribution in [0.5, 0.6) is 5.88 Å². The molecular weight excluding hydrogens is 268 g/mol. The lowest BCUT2D eigenvalue weighted by molar-refractivity contribution is -0.133. The van der Waals surface area contributed by atoms with E-state index in [1.807, 2.05) is 13.8 Å². The van der Waals surface area contributed by atoms with Gasteiger partial charge in [-0.2, -0.15) is 0 Å². The van der Waals surface area contributed by atoms with E-state index in [4.69, 9.17) is 9.84 Å². The summed E-state index contributed by atoms with van der Waals surface area (Å²) in [6.45, 7) is 3.73. The van der Waals surface area contributed by atoms with Gasteiger partial charge >= 0.3 is 5.97 Å². The number of rotatable bonds is 7. The number of amides is 1. The van der Waals surface area contributed by atoms with Crippen molar-refractivity contribution < 1.29 is 19.4 Å². The quantitative estimate of drug-likeness (QED) is 0.791. The fraction of sp³-hybridized carbons (Fsp3) is 0.417. The molecule has 1 amide bonds. The molecule has 1 aromatic rings. The van der Waals surface area contributed by atoms with Crippen molar-refractivity contribution in [3.63, 3.8) is 0 Å². The van der Waals surface area contributed by atoms with Crippen LogP contribution in [-0.4, -0.2) is 39.6 Å². The van der Waals surface area contributed by atoms with Gasteiger partial charge in [0.2, 0.25) is 11.8 Å². The average Bonchev–Trinajstić information content (AvgIpc) is 2.30. The van der Waals surface area contributed by atoms with Crippen LogP contribution in [0.1, 0.15) is 13.8 Å². The van der Waals surface area contributed by atoms with Crippen molar-refractivity contribution in [3.05, 3.63) is 18.3 Å². The van der Waals surface area contributed by atoms with Crippen LogP contribution in [0.4, 0.5) is 5.69 Å². The lowest BCUT2D eigenvalue weighted by Gasteiger charge is -2.13. The van der Waals surface area contributed by atoms with Crippen molar-refractivity contribution in [2.75, 3.05) is 16.8 Å². The van der Waals surface area contributed by atoms with Crippen molar-refractivity contribution in [2.45, 2.75) is 20.0 Å². The lowest BCUT2D eigenvalue weighted by atomic mass is 10.4. The highest BCUT2D eigenvalue weighted by Gasteiger charge is 2.10. The van der Waals surface area contributed by atoms with Gasteiger partial charge in [0.25, 0.3) is 0 Å². The maximum Gasteiger partial charge on any atom is 0.313 e. The molecule has 0 bridgehead atoms. The Balaban J connectivity index is 2.56. The second-order valence-electron chi connectivity index (χ2n) is 3.96. The number of carboxylic acids is 1. The van der Waals surface area contributed by atoms with Gasteiger partial charge in [-0.1, -0.05) is 0 Å². The molecule has 104 valence electrons. The second-order valence-corrected chi connectivity index (χ2v) is 4.94. The minimum atomic E-state index is -0.942. The van der Waals surface area contributed by atoms with Crippen molar-refractivity contribution in [2.24, 2.45) is 0 Å². The molecule has 1 heterocycles. The first-order chi connectivity index (χ1) is 8.99. The van der Waals surface area contributed by atoms with E-state index in [1.165, 1.54) is 0 Å². The summed E-state index contributed by atoms with van der Waals surface area (Å²) in [4.78, 5) is 26.0. The van der Waals surface area contributed by atoms with E-state index in [1.54, 1.807) is 18.3 Å². The van der Waals surface area contributed by atoms with Crippen molar-refractivity contribution >= 4 is 29.3 Å². The second kappa shape index (κ2) is 7.63. The molecule has 0 atom stereocenters. The van der Waals surface area contributed by atoms with E-state index in [-0.39, 0.29) is 23.5 Å². The van der Waals surface area contributed by atoms with Crippen LogP contribution in [0.15, 0.2) is 18.3 Å². The van der Waals surface area contributed by atoms with Crippen LogP contribution in [0.25, 0.3) is 0 Å².